The average Bonchev–Trinajstić information content (AvgIpc) is 3.63. The first-order chi connectivity index (χ1) is 26.0. The van der Waals surface area contributed by atoms with E-state index in [0.717, 1.165) is 16.7 Å². The summed E-state index contributed by atoms with van der Waals surface area (Å²) in [5.41, 5.74) is 15.5. The van der Waals surface area contributed by atoms with Crippen LogP contribution in [0.15, 0.2) is 174 Å². The normalized spacial score (nSPS) is 14.8. The third-order valence-corrected chi connectivity index (χ3v) is 12.7. The van der Waals surface area contributed by atoms with Crippen molar-refractivity contribution >= 4 is 11.8 Å². The zero-order valence-electron chi connectivity index (χ0n) is 29.3. The third kappa shape index (κ3) is 4.27. The van der Waals surface area contributed by atoms with Gasteiger partial charge in [-0.25, -0.2) is 15.0 Å². The topological polar surface area (TPSA) is 38.7 Å². The van der Waals surface area contributed by atoms with Crippen LogP contribution in [0.5, 0.6) is 0 Å². The second-order valence-electron chi connectivity index (χ2n) is 14.8. The van der Waals surface area contributed by atoms with Crippen molar-refractivity contribution in [2.45, 2.75) is 34.5 Å². The van der Waals surface area contributed by atoms with Gasteiger partial charge in [-0.1, -0.05) is 171 Å². The molecule has 1 aliphatic heterocycles. The molecule has 2 aliphatic carbocycles. The Labute approximate surface area is 313 Å². The number of aromatic nitrogens is 3. The third-order valence-electron chi connectivity index (χ3n) is 11.6. The minimum absolute atomic E-state index is 0.125. The molecule has 1 aromatic heterocycles. The molecule has 0 saturated carbocycles. The number of nitrogens with zero attached hydrogens (tertiary/aromatic N) is 3. The van der Waals surface area contributed by atoms with Gasteiger partial charge in [0, 0.05) is 31.9 Å². The lowest BCUT2D eigenvalue weighted by molar-refractivity contribution is 0.660. The lowest BCUT2D eigenvalue weighted by Crippen LogP contribution is -2.31. The van der Waals surface area contributed by atoms with Crippen molar-refractivity contribution < 1.29 is 0 Å². The summed E-state index contributed by atoms with van der Waals surface area (Å²) in [6.45, 7) is 4.62. The fourth-order valence-corrected chi connectivity index (χ4v) is 10.4. The standard InChI is InChI=1S/C49H33N3S/c1-48(2)37-19-9-6-16-33(37)36-26-24-31(28-42(36)48)46-50-45(30-14-4-3-5-15-30)51-47(52-46)32-25-27-41-44(29-32)53-43-23-13-12-22-40(43)49(41)38-20-10-7-17-34(38)35-18-8-11-21-39(35)49/h3-29H,1-2H3. The quantitative estimate of drug-likeness (QED) is 0.184. The molecule has 53 heavy (non-hydrogen) atoms. The minimum atomic E-state index is -0.419. The summed E-state index contributed by atoms with van der Waals surface area (Å²) in [7, 11) is 0. The van der Waals surface area contributed by atoms with Crippen LogP contribution < -0.4 is 0 Å². The molecule has 3 aliphatic rings. The van der Waals surface area contributed by atoms with Gasteiger partial charge in [-0.05, 0) is 73.8 Å². The molecule has 3 nitrogen and oxygen atoms in total. The van der Waals surface area contributed by atoms with Crippen molar-refractivity contribution in [3.63, 3.8) is 0 Å². The summed E-state index contributed by atoms with van der Waals surface area (Å²) in [4.78, 5) is 18.0. The SMILES string of the molecule is CC1(C)c2ccccc2-c2ccc(-c3nc(-c4ccccc4)nc(-c4ccc5c(c4)Sc4ccccc4C54c5ccccc5-c5ccccc54)n3)cc21. The summed E-state index contributed by atoms with van der Waals surface area (Å²) in [5.74, 6) is 2.01. The Morgan fingerprint density at radius 1 is 0.358 bits per heavy atom. The van der Waals surface area contributed by atoms with E-state index in [4.69, 9.17) is 15.0 Å². The molecule has 8 aromatic rings. The molecule has 250 valence electrons. The van der Waals surface area contributed by atoms with Crippen LogP contribution in [0.1, 0.15) is 47.2 Å². The van der Waals surface area contributed by atoms with Gasteiger partial charge in [0.15, 0.2) is 17.5 Å². The molecular weight excluding hydrogens is 663 g/mol. The first-order valence-electron chi connectivity index (χ1n) is 18.2. The van der Waals surface area contributed by atoms with E-state index in [-0.39, 0.29) is 5.41 Å². The Morgan fingerprint density at radius 3 is 1.51 bits per heavy atom. The van der Waals surface area contributed by atoms with Crippen LogP contribution in [0.4, 0.5) is 0 Å². The van der Waals surface area contributed by atoms with Gasteiger partial charge in [-0.2, -0.15) is 0 Å². The Hall–Kier alpha value is -6.10. The molecule has 4 heteroatoms. The Balaban J connectivity index is 1.11. The van der Waals surface area contributed by atoms with Crippen molar-refractivity contribution in [3.8, 4) is 56.4 Å². The van der Waals surface area contributed by atoms with Gasteiger partial charge in [0.1, 0.15) is 0 Å². The maximum absolute atomic E-state index is 5.24. The van der Waals surface area contributed by atoms with Crippen LogP contribution in [-0.2, 0) is 10.8 Å². The predicted octanol–water partition coefficient (Wildman–Crippen LogP) is 12.0. The van der Waals surface area contributed by atoms with Crippen molar-refractivity contribution in [2.24, 2.45) is 0 Å². The maximum atomic E-state index is 5.24. The molecule has 0 amide bonds. The number of fused-ring (bicyclic) bond motifs is 12. The van der Waals surface area contributed by atoms with Crippen LogP contribution in [-0.4, -0.2) is 15.0 Å². The van der Waals surface area contributed by atoms with Gasteiger partial charge >= 0.3 is 0 Å². The van der Waals surface area contributed by atoms with Crippen molar-refractivity contribution in [2.75, 3.05) is 0 Å². The molecule has 0 N–H and O–H groups in total. The van der Waals surface area contributed by atoms with E-state index < -0.39 is 5.41 Å². The molecule has 0 atom stereocenters. The zero-order valence-corrected chi connectivity index (χ0v) is 30.2. The largest absolute Gasteiger partial charge is 0.208 e. The molecule has 7 aromatic carbocycles. The van der Waals surface area contributed by atoms with Gasteiger partial charge in [-0.15, -0.1) is 0 Å². The predicted molar refractivity (Wildman–Crippen MR) is 215 cm³/mol. The van der Waals surface area contributed by atoms with Gasteiger partial charge in [-0.3, -0.25) is 0 Å². The second kappa shape index (κ2) is 11.2. The first kappa shape index (κ1) is 30.5. The molecule has 0 radical (unpaired) electrons. The highest BCUT2D eigenvalue weighted by atomic mass is 32.2. The van der Waals surface area contributed by atoms with Crippen LogP contribution in [0, 0.1) is 0 Å². The molecular formula is C49H33N3S. The van der Waals surface area contributed by atoms with Crippen molar-refractivity contribution in [3.05, 3.63) is 197 Å². The highest BCUT2D eigenvalue weighted by Crippen LogP contribution is 2.62. The Kier molecular flexibility index (Phi) is 6.45. The maximum Gasteiger partial charge on any atom is 0.164 e. The van der Waals surface area contributed by atoms with Gasteiger partial charge < -0.3 is 0 Å². The Bertz CT molecular complexity index is 2760. The lowest BCUT2D eigenvalue weighted by atomic mass is 9.67. The molecule has 2 heterocycles. The van der Waals surface area contributed by atoms with Crippen LogP contribution >= 0.6 is 11.8 Å². The molecule has 0 fully saturated rings. The highest BCUT2D eigenvalue weighted by Gasteiger charge is 2.50. The molecule has 0 saturated heterocycles. The van der Waals surface area contributed by atoms with Gasteiger partial charge in [0.2, 0.25) is 0 Å². The summed E-state index contributed by atoms with van der Waals surface area (Å²) in [5, 5.41) is 0. The van der Waals surface area contributed by atoms with E-state index in [9.17, 15) is 0 Å². The first-order valence-corrected chi connectivity index (χ1v) is 19.0. The van der Waals surface area contributed by atoms with E-state index in [0.29, 0.717) is 17.5 Å². The van der Waals surface area contributed by atoms with E-state index in [1.807, 2.05) is 30.0 Å². The summed E-state index contributed by atoms with van der Waals surface area (Å²) in [6.07, 6.45) is 0. The fourth-order valence-electron chi connectivity index (χ4n) is 9.19. The fraction of sp³-hybridized carbons (Fsp3) is 0.0816. The van der Waals surface area contributed by atoms with Crippen molar-refractivity contribution in [1.29, 1.82) is 0 Å². The van der Waals surface area contributed by atoms with Gasteiger partial charge in [0.05, 0.1) is 5.41 Å². The lowest BCUT2D eigenvalue weighted by Gasteiger charge is -2.39. The molecule has 0 unspecified atom stereocenters. The number of hydrogen-bond donors (Lipinski definition) is 0. The summed E-state index contributed by atoms with van der Waals surface area (Å²) >= 11 is 1.84. The average molecular weight is 696 g/mol. The van der Waals surface area contributed by atoms with E-state index >= 15 is 0 Å². The minimum Gasteiger partial charge on any atom is -0.208 e. The zero-order chi connectivity index (χ0) is 35.3. The van der Waals surface area contributed by atoms with E-state index in [1.165, 1.54) is 65.4 Å². The monoisotopic (exact) mass is 695 g/mol. The number of rotatable bonds is 3. The molecule has 0 bridgehead atoms. The van der Waals surface area contributed by atoms with E-state index in [2.05, 4.69) is 159 Å². The number of benzene rings is 7. The van der Waals surface area contributed by atoms with E-state index in [1.54, 1.807) is 0 Å². The van der Waals surface area contributed by atoms with Crippen LogP contribution in [0.2, 0.25) is 0 Å². The second-order valence-corrected chi connectivity index (χ2v) is 15.8. The highest BCUT2D eigenvalue weighted by molar-refractivity contribution is 7.99. The smallest absolute Gasteiger partial charge is 0.164 e. The Morgan fingerprint density at radius 2 is 0.830 bits per heavy atom. The van der Waals surface area contributed by atoms with Crippen molar-refractivity contribution in [1.82, 2.24) is 15.0 Å². The van der Waals surface area contributed by atoms with Gasteiger partial charge in [0.25, 0.3) is 0 Å². The van der Waals surface area contributed by atoms with Crippen LogP contribution in [0.25, 0.3) is 56.4 Å². The molecule has 11 rings (SSSR count). The van der Waals surface area contributed by atoms with Crippen LogP contribution in [0.3, 0.4) is 0 Å². The summed E-state index contributed by atoms with van der Waals surface area (Å²) < 4.78 is 0. The number of hydrogen-bond acceptors (Lipinski definition) is 4. The molecule has 1 spiro atoms. The summed E-state index contributed by atoms with van der Waals surface area (Å²) in [6, 6.07) is 59.4.